The molecular formula is C9H19NOS. The van der Waals surface area contributed by atoms with E-state index in [0.717, 1.165) is 24.9 Å². The van der Waals surface area contributed by atoms with E-state index in [1.165, 1.54) is 12.2 Å². The number of hydrogen-bond donors (Lipinski definition) is 1. The van der Waals surface area contributed by atoms with Crippen LogP contribution in [0.2, 0.25) is 0 Å². The van der Waals surface area contributed by atoms with Crippen LogP contribution >= 0.6 is 11.8 Å². The van der Waals surface area contributed by atoms with Gasteiger partial charge in [-0.3, -0.25) is 0 Å². The van der Waals surface area contributed by atoms with E-state index >= 15 is 0 Å². The van der Waals surface area contributed by atoms with Crippen LogP contribution in [0.5, 0.6) is 0 Å². The molecule has 2 atom stereocenters. The first-order chi connectivity index (χ1) is 5.84. The standard InChI is InChI=1S/C9H19NOS/c1-3-10-5-7-12-9-4-6-11-8(9)2/h8-10H,3-7H2,1-2H3. The molecule has 0 aromatic rings. The van der Waals surface area contributed by atoms with E-state index in [4.69, 9.17) is 4.74 Å². The molecule has 0 saturated carbocycles. The van der Waals surface area contributed by atoms with Gasteiger partial charge in [-0.05, 0) is 19.9 Å². The molecule has 0 aliphatic carbocycles. The molecule has 3 heteroatoms. The molecule has 2 unspecified atom stereocenters. The van der Waals surface area contributed by atoms with Crippen molar-refractivity contribution in [2.45, 2.75) is 31.6 Å². The fourth-order valence-electron chi connectivity index (χ4n) is 1.39. The molecule has 1 fully saturated rings. The average molecular weight is 189 g/mol. The molecule has 12 heavy (non-hydrogen) atoms. The van der Waals surface area contributed by atoms with Crippen LogP contribution in [0.1, 0.15) is 20.3 Å². The Kier molecular flexibility index (Phi) is 5.04. The minimum absolute atomic E-state index is 0.469. The first-order valence-corrected chi connectivity index (χ1v) is 5.83. The molecule has 0 aromatic carbocycles. The van der Waals surface area contributed by atoms with Crippen molar-refractivity contribution in [3.63, 3.8) is 0 Å². The molecular weight excluding hydrogens is 170 g/mol. The Labute approximate surface area is 79.4 Å². The maximum Gasteiger partial charge on any atom is 0.0666 e. The minimum atomic E-state index is 0.469. The first-order valence-electron chi connectivity index (χ1n) is 4.78. The van der Waals surface area contributed by atoms with Crippen LogP contribution in [0.15, 0.2) is 0 Å². The lowest BCUT2D eigenvalue weighted by atomic mass is 10.3. The highest BCUT2D eigenvalue weighted by Gasteiger charge is 2.23. The molecule has 1 aliphatic heterocycles. The largest absolute Gasteiger partial charge is 0.377 e. The Morgan fingerprint density at radius 1 is 1.58 bits per heavy atom. The highest BCUT2D eigenvalue weighted by molar-refractivity contribution is 8.00. The Bertz CT molecular complexity index is 121. The van der Waals surface area contributed by atoms with Gasteiger partial charge in [0, 0.05) is 24.2 Å². The summed E-state index contributed by atoms with van der Waals surface area (Å²) in [6, 6.07) is 0. The number of hydrogen-bond acceptors (Lipinski definition) is 3. The summed E-state index contributed by atoms with van der Waals surface area (Å²) in [5, 5.41) is 4.06. The maximum absolute atomic E-state index is 5.48. The zero-order valence-corrected chi connectivity index (χ0v) is 8.82. The van der Waals surface area contributed by atoms with Gasteiger partial charge in [-0.25, -0.2) is 0 Å². The summed E-state index contributed by atoms with van der Waals surface area (Å²) in [6.45, 7) is 7.49. The van der Waals surface area contributed by atoms with E-state index in [1.807, 2.05) is 11.8 Å². The van der Waals surface area contributed by atoms with Gasteiger partial charge in [-0.2, -0.15) is 11.8 Å². The van der Waals surface area contributed by atoms with E-state index in [-0.39, 0.29) is 0 Å². The fraction of sp³-hybridized carbons (Fsp3) is 1.00. The van der Waals surface area contributed by atoms with Crippen LogP contribution in [0.3, 0.4) is 0 Å². The van der Waals surface area contributed by atoms with Crippen LogP contribution in [0, 0.1) is 0 Å². The van der Waals surface area contributed by atoms with Crippen molar-refractivity contribution in [2.24, 2.45) is 0 Å². The first kappa shape index (κ1) is 10.4. The highest BCUT2D eigenvalue weighted by atomic mass is 32.2. The van der Waals surface area contributed by atoms with E-state index in [9.17, 15) is 0 Å². The van der Waals surface area contributed by atoms with Crippen molar-refractivity contribution in [3.05, 3.63) is 0 Å². The predicted octanol–water partition coefficient (Wildman–Crippen LogP) is 1.51. The molecule has 1 saturated heterocycles. The lowest BCUT2D eigenvalue weighted by molar-refractivity contribution is 0.127. The van der Waals surface area contributed by atoms with E-state index in [0.29, 0.717) is 6.10 Å². The molecule has 1 rings (SSSR count). The Balaban J connectivity index is 1.98. The topological polar surface area (TPSA) is 21.3 Å². The van der Waals surface area contributed by atoms with E-state index in [2.05, 4.69) is 19.2 Å². The van der Waals surface area contributed by atoms with Gasteiger partial charge in [-0.1, -0.05) is 6.92 Å². The number of thioether (sulfide) groups is 1. The lowest BCUT2D eigenvalue weighted by Gasteiger charge is -2.12. The monoisotopic (exact) mass is 189 g/mol. The number of nitrogens with one attached hydrogen (secondary N) is 1. The second-order valence-electron chi connectivity index (χ2n) is 3.13. The van der Waals surface area contributed by atoms with Crippen LogP contribution < -0.4 is 5.32 Å². The van der Waals surface area contributed by atoms with E-state index < -0.39 is 0 Å². The van der Waals surface area contributed by atoms with Crippen molar-refractivity contribution in [2.75, 3.05) is 25.4 Å². The van der Waals surface area contributed by atoms with Crippen molar-refractivity contribution in [1.82, 2.24) is 5.32 Å². The zero-order valence-electron chi connectivity index (χ0n) is 8.01. The Morgan fingerprint density at radius 3 is 3.00 bits per heavy atom. The maximum atomic E-state index is 5.48. The average Bonchev–Trinajstić information content (AvgIpc) is 2.46. The smallest absolute Gasteiger partial charge is 0.0666 e. The van der Waals surface area contributed by atoms with Gasteiger partial charge in [0.15, 0.2) is 0 Å². The fourth-order valence-corrected chi connectivity index (χ4v) is 2.57. The summed E-state index contributed by atoms with van der Waals surface area (Å²) < 4.78 is 5.48. The Morgan fingerprint density at radius 2 is 2.42 bits per heavy atom. The van der Waals surface area contributed by atoms with Gasteiger partial charge >= 0.3 is 0 Å². The molecule has 0 bridgehead atoms. The summed E-state index contributed by atoms with van der Waals surface area (Å²) in [5.74, 6) is 1.21. The van der Waals surface area contributed by atoms with Crippen LogP contribution in [-0.2, 0) is 4.74 Å². The normalized spacial score (nSPS) is 29.5. The third-order valence-corrected chi connectivity index (χ3v) is 3.65. The summed E-state index contributed by atoms with van der Waals surface area (Å²) in [7, 11) is 0. The lowest BCUT2D eigenvalue weighted by Crippen LogP contribution is -2.20. The van der Waals surface area contributed by atoms with E-state index in [1.54, 1.807) is 0 Å². The zero-order chi connectivity index (χ0) is 8.81. The second-order valence-corrected chi connectivity index (χ2v) is 4.47. The van der Waals surface area contributed by atoms with Gasteiger partial charge in [0.1, 0.15) is 0 Å². The molecule has 1 aliphatic rings. The molecule has 72 valence electrons. The third kappa shape index (κ3) is 3.33. The summed E-state index contributed by atoms with van der Waals surface area (Å²) in [4.78, 5) is 0. The quantitative estimate of drug-likeness (QED) is 0.662. The van der Waals surface area contributed by atoms with Crippen LogP contribution in [0.4, 0.5) is 0 Å². The van der Waals surface area contributed by atoms with Gasteiger partial charge < -0.3 is 10.1 Å². The molecule has 2 nitrogen and oxygen atoms in total. The second kappa shape index (κ2) is 5.84. The molecule has 0 radical (unpaired) electrons. The summed E-state index contributed by atoms with van der Waals surface area (Å²) >= 11 is 2.04. The molecule has 0 aromatic heterocycles. The van der Waals surface area contributed by atoms with Crippen molar-refractivity contribution in [1.29, 1.82) is 0 Å². The summed E-state index contributed by atoms with van der Waals surface area (Å²) in [6.07, 6.45) is 1.70. The third-order valence-electron chi connectivity index (χ3n) is 2.17. The van der Waals surface area contributed by atoms with Crippen molar-refractivity contribution >= 4 is 11.8 Å². The van der Waals surface area contributed by atoms with Crippen LogP contribution in [0.25, 0.3) is 0 Å². The number of ether oxygens (including phenoxy) is 1. The Hall–Kier alpha value is 0.270. The number of rotatable bonds is 5. The minimum Gasteiger partial charge on any atom is -0.377 e. The van der Waals surface area contributed by atoms with Gasteiger partial charge in [0.25, 0.3) is 0 Å². The molecule has 1 N–H and O–H groups in total. The van der Waals surface area contributed by atoms with Crippen LogP contribution in [-0.4, -0.2) is 36.8 Å². The highest BCUT2D eigenvalue weighted by Crippen LogP contribution is 2.25. The van der Waals surface area contributed by atoms with Crippen molar-refractivity contribution in [3.8, 4) is 0 Å². The summed E-state index contributed by atoms with van der Waals surface area (Å²) in [5.41, 5.74) is 0. The molecule has 0 spiro atoms. The molecule has 1 heterocycles. The SMILES string of the molecule is CCNCCSC1CCOC1C. The van der Waals surface area contributed by atoms with Crippen molar-refractivity contribution < 1.29 is 4.74 Å². The predicted molar refractivity (Wildman–Crippen MR) is 54.8 cm³/mol. The van der Waals surface area contributed by atoms with Gasteiger partial charge in [0.05, 0.1) is 6.10 Å². The van der Waals surface area contributed by atoms with Gasteiger partial charge in [0.2, 0.25) is 0 Å². The molecule has 0 amide bonds. The van der Waals surface area contributed by atoms with Gasteiger partial charge in [-0.15, -0.1) is 0 Å².